The van der Waals surface area contributed by atoms with Crippen molar-refractivity contribution in [2.45, 2.75) is 6.92 Å². The smallest absolute Gasteiger partial charge is 0.550 e. The Kier molecular flexibility index (Phi) is 24.8. The van der Waals surface area contributed by atoms with Crippen LogP contribution in [0.4, 0.5) is 0 Å². The summed E-state index contributed by atoms with van der Waals surface area (Å²) >= 11 is 0. The van der Waals surface area contributed by atoms with Crippen LogP contribution in [0.5, 0.6) is 0 Å². The first-order chi connectivity index (χ1) is 1.73. The second kappa shape index (κ2) is 9.48. The quantitative estimate of drug-likeness (QED) is 0.293. The molecule has 0 unspecified atom stereocenters. The SMILES string of the molecule is CC(=O)[O-].[B].[K+]. The molecule has 0 heterocycles. The molecule has 0 aromatic rings. The molecule has 3 radical (unpaired) electrons. The van der Waals surface area contributed by atoms with Crippen molar-refractivity contribution in [3.63, 3.8) is 0 Å². The maximum absolute atomic E-state index is 8.89. The Morgan fingerprint density at radius 2 is 1.67 bits per heavy atom. The van der Waals surface area contributed by atoms with Crippen LogP contribution < -0.4 is 56.5 Å². The summed E-state index contributed by atoms with van der Waals surface area (Å²) in [5.74, 6) is -1.08. The summed E-state index contributed by atoms with van der Waals surface area (Å²) in [4.78, 5) is 8.89. The standard InChI is InChI=1S/C2H4O2.B.K/c1-2(3)4;;/h1H3,(H,3,4);;/q;;+1/p-1. The summed E-state index contributed by atoms with van der Waals surface area (Å²) < 4.78 is 0. The fourth-order valence-corrected chi connectivity index (χ4v) is 0. The summed E-state index contributed by atoms with van der Waals surface area (Å²) in [6, 6.07) is 0. The van der Waals surface area contributed by atoms with Crippen molar-refractivity contribution in [3.05, 3.63) is 0 Å². The molecular weight excluding hydrogens is 106 g/mol. The van der Waals surface area contributed by atoms with Crippen LogP contribution in [0.3, 0.4) is 0 Å². The first-order valence-electron chi connectivity index (χ1n) is 0.908. The molecule has 0 spiro atoms. The first kappa shape index (κ1) is 15.7. The average molecular weight is 109 g/mol. The van der Waals surface area contributed by atoms with Crippen LogP contribution in [-0.4, -0.2) is 14.4 Å². The zero-order chi connectivity index (χ0) is 3.58. The molecule has 0 N–H and O–H groups in total. The molecule has 0 aliphatic carbocycles. The number of carbonyl (C=O) groups excluding carboxylic acids is 1. The van der Waals surface area contributed by atoms with Crippen LogP contribution in [0.1, 0.15) is 6.92 Å². The predicted octanol–water partition coefficient (Wildman–Crippen LogP) is -4.62. The molecule has 0 atom stereocenters. The second-order valence-corrected chi connectivity index (χ2v) is 0.492. The van der Waals surface area contributed by atoms with Gasteiger partial charge in [-0.2, -0.15) is 0 Å². The zero-order valence-electron chi connectivity index (χ0n) is 3.89. The van der Waals surface area contributed by atoms with Crippen molar-refractivity contribution in [3.8, 4) is 0 Å². The average Bonchev–Trinajstić information content (AvgIpc) is 0.811. The number of rotatable bonds is 0. The minimum Gasteiger partial charge on any atom is -0.550 e. The molecule has 4 heteroatoms. The number of carbonyl (C=O) groups is 1. The molecule has 27 valence electrons. The monoisotopic (exact) mass is 109 g/mol. The first-order valence-corrected chi connectivity index (χ1v) is 0.908. The second-order valence-electron chi connectivity index (χ2n) is 0.492. The Balaban J connectivity index is -0.0000000450. The van der Waals surface area contributed by atoms with E-state index < -0.39 is 5.97 Å². The Bertz CT molecular complexity index is 34.5. The number of carboxylic acids is 1. The van der Waals surface area contributed by atoms with Gasteiger partial charge in [0.25, 0.3) is 0 Å². The minimum atomic E-state index is -1.08. The molecule has 0 aliphatic rings. The predicted molar refractivity (Wildman–Crippen MR) is 16.4 cm³/mol. The molecule has 0 aromatic carbocycles. The number of carboxylic acid groups (broad SMARTS) is 1. The maximum atomic E-state index is 8.89. The topological polar surface area (TPSA) is 40.1 Å². The van der Waals surface area contributed by atoms with E-state index in [9.17, 15) is 0 Å². The third-order valence-corrected chi connectivity index (χ3v) is 0. The van der Waals surface area contributed by atoms with E-state index in [0.29, 0.717) is 0 Å². The third kappa shape index (κ3) is 65.6. The van der Waals surface area contributed by atoms with E-state index in [4.69, 9.17) is 9.90 Å². The van der Waals surface area contributed by atoms with Gasteiger partial charge in [-0.3, -0.25) is 0 Å². The number of hydrogen-bond acceptors (Lipinski definition) is 2. The normalized spacial score (nSPS) is 4.17. The van der Waals surface area contributed by atoms with Crippen LogP contribution in [0, 0.1) is 0 Å². The van der Waals surface area contributed by atoms with Gasteiger partial charge in [0.05, 0.1) is 0 Å². The van der Waals surface area contributed by atoms with E-state index in [-0.39, 0.29) is 59.8 Å². The molecule has 0 fully saturated rings. The number of aliphatic carboxylic acids is 1. The van der Waals surface area contributed by atoms with Gasteiger partial charge in [0.1, 0.15) is 0 Å². The van der Waals surface area contributed by atoms with Crippen LogP contribution in [0.15, 0.2) is 0 Å². The Morgan fingerprint density at radius 3 is 1.67 bits per heavy atom. The van der Waals surface area contributed by atoms with Crippen LogP contribution in [0.25, 0.3) is 0 Å². The molecule has 0 saturated carbocycles. The third-order valence-electron chi connectivity index (χ3n) is 0. The van der Waals surface area contributed by atoms with E-state index in [1.807, 2.05) is 0 Å². The summed E-state index contributed by atoms with van der Waals surface area (Å²) in [5.41, 5.74) is 0. The molecule has 0 amide bonds. The molecule has 6 heavy (non-hydrogen) atoms. The molecular formula is C2H3BKO2. The van der Waals surface area contributed by atoms with E-state index in [1.54, 1.807) is 0 Å². The van der Waals surface area contributed by atoms with Crippen molar-refractivity contribution in [2.24, 2.45) is 0 Å². The van der Waals surface area contributed by atoms with Crippen LogP contribution in [-0.2, 0) is 4.79 Å². The summed E-state index contributed by atoms with van der Waals surface area (Å²) in [6.07, 6.45) is 0. The van der Waals surface area contributed by atoms with Crippen molar-refractivity contribution in [1.82, 2.24) is 0 Å². The van der Waals surface area contributed by atoms with E-state index in [0.717, 1.165) is 6.92 Å². The molecule has 0 rings (SSSR count). The Morgan fingerprint density at radius 1 is 1.67 bits per heavy atom. The summed E-state index contributed by atoms with van der Waals surface area (Å²) in [5, 5.41) is 8.89. The zero-order valence-corrected chi connectivity index (χ0v) is 7.02. The van der Waals surface area contributed by atoms with Crippen LogP contribution in [0.2, 0.25) is 0 Å². The summed E-state index contributed by atoms with van der Waals surface area (Å²) in [7, 11) is 0. The molecule has 0 aromatic heterocycles. The van der Waals surface area contributed by atoms with Gasteiger partial charge in [-0.05, 0) is 6.92 Å². The fraction of sp³-hybridized carbons (Fsp3) is 0.500. The summed E-state index contributed by atoms with van der Waals surface area (Å²) in [6.45, 7) is 0.972. The number of hydrogen-bond donors (Lipinski definition) is 0. The molecule has 2 nitrogen and oxygen atoms in total. The van der Waals surface area contributed by atoms with Gasteiger partial charge in [0.15, 0.2) is 0 Å². The Labute approximate surface area is 81.3 Å². The van der Waals surface area contributed by atoms with E-state index >= 15 is 0 Å². The van der Waals surface area contributed by atoms with Gasteiger partial charge in [0.2, 0.25) is 0 Å². The van der Waals surface area contributed by atoms with E-state index in [1.165, 1.54) is 0 Å². The Hall–Kier alpha value is 1.17. The van der Waals surface area contributed by atoms with Gasteiger partial charge < -0.3 is 9.90 Å². The van der Waals surface area contributed by atoms with E-state index in [2.05, 4.69) is 0 Å². The fourth-order valence-electron chi connectivity index (χ4n) is 0. The largest absolute Gasteiger partial charge is 1.00 e. The van der Waals surface area contributed by atoms with Gasteiger partial charge in [-0.1, -0.05) is 0 Å². The molecule has 0 aliphatic heterocycles. The van der Waals surface area contributed by atoms with Gasteiger partial charge in [-0.25, -0.2) is 0 Å². The molecule has 0 bridgehead atoms. The van der Waals surface area contributed by atoms with Crippen molar-refractivity contribution >= 4 is 14.4 Å². The van der Waals surface area contributed by atoms with Crippen molar-refractivity contribution in [2.75, 3.05) is 0 Å². The van der Waals surface area contributed by atoms with Crippen molar-refractivity contribution in [1.29, 1.82) is 0 Å². The van der Waals surface area contributed by atoms with Crippen molar-refractivity contribution < 1.29 is 61.3 Å². The van der Waals surface area contributed by atoms with Gasteiger partial charge in [0, 0.05) is 14.4 Å². The molecule has 0 saturated heterocycles. The van der Waals surface area contributed by atoms with Crippen LogP contribution >= 0.6 is 0 Å². The van der Waals surface area contributed by atoms with Gasteiger partial charge in [-0.15, -0.1) is 0 Å². The maximum Gasteiger partial charge on any atom is 1.00 e. The minimum absolute atomic E-state index is 0. The van der Waals surface area contributed by atoms with Gasteiger partial charge >= 0.3 is 51.4 Å².